The quantitative estimate of drug-likeness (QED) is 0.895. The van der Waals surface area contributed by atoms with Crippen molar-refractivity contribution in [2.45, 2.75) is 12.5 Å². The fourth-order valence-corrected chi connectivity index (χ4v) is 2.14. The van der Waals surface area contributed by atoms with E-state index in [1.54, 1.807) is 14.2 Å². The van der Waals surface area contributed by atoms with Crippen molar-refractivity contribution in [1.82, 2.24) is 0 Å². The first-order valence-corrected chi connectivity index (χ1v) is 6.26. The minimum Gasteiger partial charge on any atom is -0.497 e. The molecule has 0 heterocycles. The van der Waals surface area contributed by atoms with E-state index >= 15 is 0 Å². The number of nitrogens with two attached hydrogens (primary N) is 1. The van der Waals surface area contributed by atoms with Gasteiger partial charge >= 0.3 is 0 Å². The van der Waals surface area contributed by atoms with E-state index in [9.17, 15) is 0 Å². The summed E-state index contributed by atoms with van der Waals surface area (Å²) in [6.45, 7) is 0. The highest BCUT2D eigenvalue weighted by atomic mass is 16.5. The van der Waals surface area contributed by atoms with Crippen molar-refractivity contribution in [3.63, 3.8) is 0 Å². The molecule has 0 aliphatic rings. The smallest absolute Gasteiger partial charge is 0.123 e. The standard InChI is InChI=1S/C16H19NO2/c1-18-13-7-5-6-12(10-13)11-15(17)14-8-3-4-9-16(14)19-2/h3-10,15H,11,17H2,1-2H3. The average molecular weight is 257 g/mol. The molecule has 1 atom stereocenters. The van der Waals surface area contributed by atoms with Gasteiger partial charge in [-0.15, -0.1) is 0 Å². The van der Waals surface area contributed by atoms with Gasteiger partial charge in [0.05, 0.1) is 14.2 Å². The van der Waals surface area contributed by atoms with Crippen molar-refractivity contribution < 1.29 is 9.47 Å². The Morgan fingerprint density at radius 2 is 1.79 bits per heavy atom. The molecule has 0 fully saturated rings. The van der Waals surface area contributed by atoms with Crippen LogP contribution in [-0.4, -0.2) is 14.2 Å². The maximum atomic E-state index is 6.27. The average Bonchev–Trinajstić information content (AvgIpc) is 2.47. The van der Waals surface area contributed by atoms with Crippen molar-refractivity contribution in [3.8, 4) is 11.5 Å². The van der Waals surface area contributed by atoms with Gasteiger partial charge in [0, 0.05) is 11.6 Å². The molecule has 2 aromatic carbocycles. The van der Waals surface area contributed by atoms with Gasteiger partial charge < -0.3 is 15.2 Å². The van der Waals surface area contributed by atoms with E-state index in [2.05, 4.69) is 6.07 Å². The zero-order valence-corrected chi connectivity index (χ0v) is 11.3. The molecular weight excluding hydrogens is 238 g/mol. The largest absolute Gasteiger partial charge is 0.497 e. The summed E-state index contributed by atoms with van der Waals surface area (Å²) in [6, 6.07) is 15.7. The molecule has 0 spiro atoms. The van der Waals surface area contributed by atoms with E-state index in [0.717, 1.165) is 29.0 Å². The number of methoxy groups -OCH3 is 2. The van der Waals surface area contributed by atoms with E-state index in [-0.39, 0.29) is 6.04 Å². The zero-order valence-electron chi connectivity index (χ0n) is 11.3. The van der Waals surface area contributed by atoms with Gasteiger partial charge in [-0.2, -0.15) is 0 Å². The summed E-state index contributed by atoms with van der Waals surface area (Å²) in [7, 11) is 3.33. The molecule has 2 rings (SSSR count). The van der Waals surface area contributed by atoms with Crippen LogP contribution in [0.3, 0.4) is 0 Å². The monoisotopic (exact) mass is 257 g/mol. The Balaban J connectivity index is 2.18. The molecule has 0 aliphatic heterocycles. The van der Waals surface area contributed by atoms with Crippen molar-refractivity contribution in [1.29, 1.82) is 0 Å². The van der Waals surface area contributed by atoms with Gasteiger partial charge in [-0.1, -0.05) is 30.3 Å². The van der Waals surface area contributed by atoms with Gasteiger partial charge in [0.25, 0.3) is 0 Å². The summed E-state index contributed by atoms with van der Waals surface area (Å²) in [6.07, 6.45) is 0.748. The second kappa shape index (κ2) is 6.25. The third-order valence-corrected chi connectivity index (χ3v) is 3.13. The molecule has 0 aliphatic carbocycles. The van der Waals surface area contributed by atoms with Crippen LogP contribution in [0.15, 0.2) is 48.5 Å². The van der Waals surface area contributed by atoms with Crippen molar-refractivity contribution in [2.75, 3.05) is 14.2 Å². The van der Waals surface area contributed by atoms with E-state index < -0.39 is 0 Å². The number of para-hydroxylation sites is 1. The van der Waals surface area contributed by atoms with Crippen LogP contribution >= 0.6 is 0 Å². The Bertz CT molecular complexity index is 540. The van der Waals surface area contributed by atoms with Crippen LogP contribution in [-0.2, 0) is 6.42 Å². The molecule has 2 aromatic rings. The van der Waals surface area contributed by atoms with Crippen LogP contribution in [0.2, 0.25) is 0 Å². The Labute approximate surface area is 114 Å². The molecule has 3 nitrogen and oxygen atoms in total. The molecule has 0 amide bonds. The fourth-order valence-electron chi connectivity index (χ4n) is 2.14. The highest BCUT2D eigenvalue weighted by molar-refractivity contribution is 5.37. The van der Waals surface area contributed by atoms with Crippen molar-refractivity contribution in [2.24, 2.45) is 5.73 Å². The number of hydrogen-bond donors (Lipinski definition) is 1. The second-order valence-corrected chi connectivity index (χ2v) is 4.40. The normalized spacial score (nSPS) is 11.9. The van der Waals surface area contributed by atoms with Gasteiger partial charge in [0.1, 0.15) is 11.5 Å². The summed E-state index contributed by atoms with van der Waals surface area (Å²) >= 11 is 0. The molecule has 0 aromatic heterocycles. The third kappa shape index (κ3) is 3.26. The highest BCUT2D eigenvalue weighted by Crippen LogP contribution is 2.26. The second-order valence-electron chi connectivity index (χ2n) is 4.40. The first kappa shape index (κ1) is 13.4. The third-order valence-electron chi connectivity index (χ3n) is 3.13. The molecular formula is C16H19NO2. The van der Waals surface area contributed by atoms with Crippen LogP contribution in [0.5, 0.6) is 11.5 Å². The first-order chi connectivity index (χ1) is 9.24. The van der Waals surface area contributed by atoms with Crippen LogP contribution in [0.4, 0.5) is 0 Å². The molecule has 0 saturated carbocycles. The topological polar surface area (TPSA) is 44.5 Å². The van der Waals surface area contributed by atoms with Crippen LogP contribution < -0.4 is 15.2 Å². The predicted octanol–water partition coefficient (Wildman–Crippen LogP) is 2.95. The number of ether oxygens (including phenoxy) is 2. The van der Waals surface area contributed by atoms with Crippen LogP contribution in [0.1, 0.15) is 17.2 Å². The van der Waals surface area contributed by atoms with Gasteiger partial charge in [-0.05, 0) is 30.2 Å². The summed E-state index contributed by atoms with van der Waals surface area (Å²) < 4.78 is 10.6. The van der Waals surface area contributed by atoms with Crippen molar-refractivity contribution in [3.05, 3.63) is 59.7 Å². The maximum Gasteiger partial charge on any atom is 0.123 e. The van der Waals surface area contributed by atoms with E-state index in [4.69, 9.17) is 15.2 Å². The molecule has 1 unspecified atom stereocenters. The zero-order chi connectivity index (χ0) is 13.7. The van der Waals surface area contributed by atoms with Gasteiger partial charge in [-0.25, -0.2) is 0 Å². The summed E-state index contributed by atoms with van der Waals surface area (Å²) in [5.74, 6) is 1.68. The summed E-state index contributed by atoms with van der Waals surface area (Å²) in [5, 5.41) is 0. The lowest BCUT2D eigenvalue weighted by Crippen LogP contribution is -2.14. The van der Waals surface area contributed by atoms with Crippen molar-refractivity contribution >= 4 is 0 Å². The molecule has 0 bridgehead atoms. The summed E-state index contributed by atoms with van der Waals surface area (Å²) in [5.41, 5.74) is 8.45. The Morgan fingerprint density at radius 3 is 2.53 bits per heavy atom. The molecule has 2 N–H and O–H groups in total. The lowest BCUT2D eigenvalue weighted by Gasteiger charge is -2.16. The number of rotatable bonds is 5. The molecule has 3 heteroatoms. The van der Waals surface area contributed by atoms with Gasteiger partial charge in [-0.3, -0.25) is 0 Å². The van der Waals surface area contributed by atoms with Crippen LogP contribution in [0.25, 0.3) is 0 Å². The minimum atomic E-state index is -0.0942. The lowest BCUT2D eigenvalue weighted by atomic mass is 9.99. The molecule has 0 saturated heterocycles. The summed E-state index contributed by atoms with van der Waals surface area (Å²) in [4.78, 5) is 0. The van der Waals surface area contributed by atoms with Gasteiger partial charge in [0.15, 0.2) is 0 Å². The Morgan fingerprint density at radius 1 is 1.00 bits per heavy atom. The van der Waals surface area contributed by atoms with Gasteiger partial charge in [0.2, 0.25) is 0 Å². The first-order valence-electron chi connectivity index (χ1n) is 6.26. The number of hydrogen-bond acceptors (Lipinski definition) is 3. The number of benzene rings is 2. The van der Waals surface area contributed by atoms with E-state index in [1.165, 1.54) is 0 Å². The SMILES string of the molecule is COc1cccc(CC(N)c2ccccc2OC)c1. The Kier molecular flexibility index (Phi) is 4.42. The predicted molar refractivity (Wildman–Crippen MR) is 76.6 cm³/mol. The van der Waals surface area contributed by atoms with E-state index in [0.29, 0.717) is 0 Å². The fraction of sp³-hybridized carbons (Fsp3) is 0.250. The maximum absolute atomic E-state index is 6.27. The van der Waals surface area contributed by atoms with Crippen LogP contribution in [0, 0.1) is 0 Å². The molecule has 100 valence electrons. The molecule has 19 heavy (non-hydrogen) atoms. The molecule has 0 radical (unpaired) electrons. The lowest BCUT2D eigenvalue weighted by molar-refractivity contribution is 0.405. The highest BCUT2D eigenvalue weighted by Gasteiger charge is 2.12. The van der Waals surface area contributed by atoms with E-state index in [1.807, 2.05) is 42.5 Å². The Hall–Kier alpha value is -2.00. The minimum absolute atomic E-state index is 0.0942.